The summed E-state index contributed by atoms with van der Waals surface area (Å²) in [6, 6.07) is 4.29. The van der Waals surface area contributed by atoms with Crippen LogP contribution in [0.3, 0.4) is 0 Å². The fourth-order valence-electron chi connectivity index (χ4n) is 4.34. The zero-order valence-corrected chi connectivity index (χ0v) is 18.4. The van der Waals surface area contributed by atoms with Crippen LogP contribution in [0.25, 0.3) is 0 Å². The molecule has 1 aliphatic rings. The lowest BCUT2D eigenvalue weighted by Gasteiger charge is -2.21. The van der Waals surface area contributed by atoms with Crippen LogP contribution in [0.2, 0.25) is 0 Å². The first-order valence-electron chi connectivity index (χ1n) is 11.6. The van der Waals surface area contributed by atoms with Gasteiger partial charge in [-0.2, -0.15) is 0 Å². The number of phenols is 1. The monoisotopic (exact) mass is 387 g/mol. The average Bonchev–Trinajstić information content (AvgIpc) is 2.70. The van der Waals surface area contributed by atoms with E-state index in [1.807, 2.05) is 12.3 Å². The van der Waals surface area contributed by atoms with Gasteiger partial charge in [0.15, 0.2) is 0 Å². The van der Waals surface area contributed by atoms with Gasteiger partial charge in [-0.25, -0.2) is 0 Å². The molecule has 3 nitrogen and oxygen atoms in total. The van der Waals surface area contributed by atoms with Crippen LogP contribution < -0.4 is 4.74 Å². The molecule has 0 saturated heterocycles. The predicted molar refractivity (Wildman–Crippen MR) is 120 cm³/mol. The molecule has 0 radical (unpaired) electrons. The lowest BCUT2D eigenvalue weighted by Crippen LogP contribution is -2.05. The average molecular weight is 388 g/mol. The molecule has 0 unspecified atom stereocenters. The van der Waals surface area contributed by atoms with Gasteiger partial charge in [0.25, 0.3) is 0 Å². The van der Waals surface area contributed by atoms with E-state index in [0.717, 1.165) is 42.6 Å². The Bertz CT molecular complexity index is 580. The second-order valence-electron chi connectivity index (χ2n) is 8.36. The van der Waals surface area contributed by atoms with Crippen LogP contribution >= 0.6 is 0 Å². The molecule has 0 atom stereocenters. The number of ether oxygens (including phenoxy) is 1. The van der Waals surface area contributed by atoms with Crippen LogP contribution in [0.1, 0.15) is 114 Å². The Hall–Kier alpha value is -1.51. The molecule has 1 aliphatic carbocycles. The van der Waals surface area contributed by atoms with Gasteiger partial charge in [0.2, 0.25) is 0 Å². The Balaban J connectivity index is 2.25. The number of phenolic OH excluding ortho intramolecular Hbond substituents is 1. The molecule has 28 heavy (non-hydrogen) atoms. The molecule has 1 saturated carbocycles. The summed E-state index contributed by atoms with van der Waals surface area (Å²) in [6.07, 6.45) is 18.2. The maximum atomic E-state index is 11.1. The minimum Gasteiger partial charge on any atom is -0.507 e. The molecule has 0 spiro atoms. The molecule has 2 rings (SSSR count). The van der Waals surface area contributed by atoms with Crippen LogP contribution in [-0.4, -0.2) is 24.5 Å². The maximum Gasteiger partial charge on any atom is 0.128 e. The van der Waals surface area contributed by atoms with E-state index in [1.165, 1.54) is 57.8 Å². The fraction of sp³-hybridized carbons (Fsp3) is 0.720. The summed E-state index contributed by atoms with van der Waals surface area (Å²) < 4.78 is 5.57. The topological polar surface area (TPSA) is 41.8 Å². The van der Waals surface area contributed by atoms with Crippen molar-refractivity contribution in [3.05, 3.63) is 23.3 Å². The highest BCUT2D eigenvalue weighted by Crippen LogP contribution is 2.38. The van der Waals surface area contributed by atoms with Gasteiger partial charge < -0.3 is 9.84 Å². The van der Waals surface area contributed by atoms with Crippen molar-refractivity contribution in [1.29, 1.82) is 0 Å². The van der Waals surface area contributed by atoms with Crippen molar-refractivity contribution < 1.29 is 9.84 Å². The van der Waals surface area contributed by atoms with Crippen LogP contribution in [0.15, 0.2) is 17.1 Å². The maximum absolute atomic E-state index is 11.1. The van der Waals surface area contributed by atoms with Crippen molar-refractivity contribution in [2.75, 3.05) is 7.11 Å². The number of aliphatic imine (C=N–C) groups is 1. The van der Waals surface area contributed by atoms with Crippen molar-refractivity contribution in [2.45, 2.75) is 109 Å². The van der Waals surface area contributed by atoms with E-state index >= 15 is 0 Å². The summed E-state index contributed by atoms with van der Waals surface area (Å²) in [5.74, 6) is 1.65. The minimum absolute atomic E-state index is 0.315. The highest BCUT2D eigenvalue weighted by atomic mass is 16.5. The highest BCUT2D eigenvalue weighted by molar-refractivity contribution is 5.85. The molecule has 0 amide bonds. The first-order valence-corrected chi connectivity index (χ1v) is 11.6. The number of rotatable bonds is 6. The quantitative estimate of drug-likeness (QED) is 0.517. The van der Waals surface area contributed by atoms with E-state index in [4.69, 9.17) is 9.73 Å². The van der Waals surface area contributed by atoms with Gasteiger partial charge in [-0.15, -0.1) is 0 Å². The van der Waals surface area contributed by atoms with Crippen LogP contribution in [0, 0.1) is 0 Å². The predicted octanol–water partition coefficient (Wildman–Crippen LogP) is 7.40. The van der Waals surface area contributed by atoms with Crippen LogP contribution in [0.4, 0.5) is 0 Å². The Morgan fingerprint density at radius 3 is 2.00 bits per heavy atom. The van der Waals surface area contributed by atoms with Crippen molar-refractivity contribution in [1.82, 2.24) is 0 Å². The largest absolute Gasteiger partial charge is 0.507 e. The SMILES string of the molecule is CCC(CC)N=Cc1cc(OC)cc(C2CCCCCCCCCCC2)c1O. The Morgan fingerprint density at radius 1 is 0.964 bits per heavy atom. The number of hydrogen-bond donors (Lipinski definition) is 1. The second kappa shape index (κ2) is 12.9. The summed E-state index contributed by atoms with van der Waals surface area (Å²) in [6.45, 7) is 4.32. The number of methoxy groups -OCH3 is 1. The third-order valence-corrected chi connectivity index (χ3v) is 6.29. The molecule has 158 valence electrons. The van der Waals surface area contributed by atoms with Gasteiger partial charge in [-0.3, -0.25) is 4.99 Å². The van der Waals surface area contributed by atoms with Gasteiger partial charge in [-0.05, 0) is 43.7 Å². The lowest BCUT2D eigenvalue weighted by molar-refractivity contribution is 0.404. The number of aromatic hydroxyl groups is 1. The van der Waals surface area contributed by atoms with Gasteiger partial charge in [0.1, 0.15) is 11.5 Å². The third kappa shape index (κ3) is 7.14. The summed E-state index contributed by atoms with van der Waals surface area (Å²) in [7, 11) is 1.71. The first kappa shape index (κ1) is 22.8. The first-order chi connectivity index (χ1) is 13.7. The Kier molecular flexibility index (Phi) is 10.5. The third-order valence-electron chi connectivity index (χ3n) is 6.29. The van der Waals surface area contributed by atoms with Gasteiger partial charge in [0.05, 0.1) is 7.11 Å². The molecular formula is C25H41NO2. The van der Waals surface area contributed by atoms with Crippen molar-refractivity contribution in [3.63, 3.8) is 0 Å². The van der Waals surface area contributed by atoms with Gasteiger partial charge in [-0.1, -0.05) is 71.6 Å². The molecular weight excluding hydrogens is 346 g/mol. The van der Waals surface area contributed by atoms with Crippen molar-refractivity contribution in [2.24, 2.45) is 4.99 Å². The summed E-state index contributed by atoms with van der Waals surface area (Å²) in [5.41, 5.74) is 1.86. The second-order valence-corrected chi connectivity index (χ2v) is 8.36. The zero-order valence-electron chi connectivity index (χ0n) is 18.4. The van der Waals surface area contributed by atoms with E-state index in [9.17, 15) is 5.11 Å². The molecule has 1 aromatic rings. The summed E-state index contributed by atoms with van der Waals surface area (Å²) in [4.78, 5) is 4.70. The normalized spacial score (nSPS) is 18.1. The smallest absolute Gasteiger partial charge is 0.128 e. The van der Waals surface area contributed by atoms with E-state index in [-0.39, 0.29) is 0 Å². The van der Waals surface area contributed by atoms with Crippen LogP contribution in [-0.2, 0) is 0 Å². The number of nitrogens with zero attached hydrogens (tertiary/aromatic N) is 1. The zero-order chi connectivity index (χ0) is 20.2. The molecule has 0 aliphatic heterocycles. The van der Waals surface area contributed by atoms with Crippen molar-refractivity contribution >= 4 is 6.21 Å². The minimum atomic E-state index is 0.315. The molecule has 1 aromatic carbocycles. The molecule has 1 fully saturated rings. The van der Waals surface area contributed by atoms with Gasteiger partial charge >= 0.3 is 0 Å². The van der Waals surface area contributed by atoms with Crippen molar-refractivity contribution in [3.8, 4) is 11.5 Å². The molecule has 0 aromatic heterocycles. The van der Waals surface area contributed by atoms with E-state index < -0.39 is 0 Å². The number of benzene rings is 1. The van der Waals surface area contributed by atoms with E-state index in [2.05, 4.69) is 19.9 Å². The van der Waals surface area contributed by atoms with E-state index in [0.29, 0.717) is 17.7 Å². The lowest BCUT2D eigenvalue weighted by atomic mass is 9.86. The van der Waals surface area contributed by atoms with Crippen LogP contribution in [0.5, 0.6) is 11.5 Å². The highest BCUT2D eigenvalue weighted by Gasteiger charge is 2.19. The van der Waals surface area contributed by atoms with E-state index in [1.54, 1.807) is 7.11 Å². The molecule has 3 heteroatoms. The molecule has 0 bridgehead atoms. The molecule has 1 N–H and O–H groups in total. The standard InChI is InChI=1S/C25H41NO2/c1-4-22(5-2)26-19-21-17-23(28-3)18-24(25(21)27)20-15-13-11-9-7-6-8-10-12-14-16-20/h17-20,22,27H,4-16H2,1-3H3. The molecule has 0 heterocycles. The summed E-state index contributed by atoms with van der Waals surface area (Å²) >= 11 is 0. The van der Waals surface area contributed by atoms with Gasteiger partial charge in [0, 0.05) is 23.4 Å². The summed E-state index contributed by atoms with van der Waals surface area (Å²) in [5, 5.41) is 11.1. The Labute approximate surface area is 172 Å². The Morgan fingerprint density at radius 2 is 1.50 bits per heavy atom. The number of hydrogen-bond acceptors (Lipinski definition) is 3. The fourth-order valence-corrected chi connectivity index (χ4v) is 4.34.